The molecule has 1 fully saturated rings. The highest BCUT2D eigenvalue weighted by molar-refractivity contribution is 5.52. The highest BCUT2D eigenvalue weighted by Crippen LogP contribution is 2.30. The van der Waals surface area contributed by atoms with E-state index in [1.165, 1.54) is 37.8 Å². The summed E-state index contributed by atoms with van der Waals surface area (Å²) in [5.41, 5.74) is 0.275. The summed E-state index contributed by atoms with van der Waals surface area (Å²) < 4.78 is 13.3. The molecule has 0 amide bonds. The Morgan fingerprint density at radius 3 is 2.67 bits per heavy atom. The second-order valence-electron chi connectivity index (χ2n) is 4.93. The first kappa shape index (κ1) is 12.8. The molecule has 1 N–H and O–H groups in total. The van der Waals surface area contributed by atoms with E-state index in [1.54, 1.807) is 0 Å². The van der Waals surface area contributed by atoms with Crippen LogP contribution in [0.1, 0.15) is 32.6 Å². The minimum atomic E-state index is -0.578. The zero-order valence-corrected chi connectivity index (χ0v) is 10.4. The topological polar surface area (TPSA) is 55.2 Å². The van der Waals surface area contributed by atoms with E-state index in [4.69, 9.17) is 0 Å². The average Bonchev–Trinajstić information content (AvgIpc) is 2.81. The van der Waals surface area contributed by atoms with Crippen LogP contribution in [0, 0.1) is 21.8 Å². The van der Waals surface area contributed by atoms with Crippen molar-refractivity contribution in [2.75, 3.05) is 5.32 Å². The Morgan fingerprint density at radius 1 is 1.39 bits per heavy atom. The van der Waals surface area contributed by atoms with Crippen LogP contribution in [0.3, 0.4) is 0 Å². The van der Waals surface area contributed by atoms with Crippen molar-refractivity contribution >= 4 is 11.4 Å². The number of nitrogens with zero attached hydrogens (tertiary/aromatic N) is 1. The Hall–Kier alpha value is -1.65. The van der Waals surface area contributed by atoms with Crippen molar-refractivity contribution in [1.82, 2.24) is 0 Å². The quantitative estimate of drug-likeness (QED) is 0.656. The van der Waals surface area contributed by atoms with Crippen molar-refractivity contribution in [2.45, 2.75) is 38.6 Å². The maximum atomic E-state index is 13.3. The molecule has 0 aliphatic heterocycles. The van der Waals surface area contributed by atoms with Crippen molar-refractivity contribution in [3.8, 4) is 0 Å². The number of rotatable bonds is 4. The van der Waals surface area contributed by atoms with Crippen LogP contribution in [0.15, 0.2) is 18.2 Å². The van der Waals surface area contributed by atoms with Crippen molar-refractivity contribution in [1.29, 1.82) is 0 Å². The van der Waals surface area contributed by atoms with Gasteiger partial charge in [0.15, 0.2) is 0 Å². The molecule has 98 valence electrons. The lowest BCUT2D eigenvalue weighted by atomic mass is 9.99. The molecule has 1 atom stereocenters. The Labute approximate surface area is 105 Å². The summed E-state index contributed by atoms with van der Waals surface area (Å²) in [4.78, 5) is 10.1. The Morgan fingerprint density at radius 2 is 2.06 bits per heavy atom. The molecule has 2 rings (SSSR count). The number of nitrogens with one attached hydrogen (secondary N) is 1. The van der Waals surface area contributed by atoms with Crippen LogP contribution in [-0.2, 0) is 0 Å². The van der Waals surface area contributed by atoms with Gasteiger partial charge < -0.3 is 5.32 Å². The molecule has 0 aromatic heterocycles. The lowest BCUT2D eigenvalue weighted by Crippen LogP contribution is -2.23. The highest BCUT2D eigenvalue weighted by atomic mass is 19.1. The van der Waals surface area contributed by atoms with Crippen LogP contribution in [0.4, 0.5) is 15.8 Å². The first-order valence-electron chi connectivity index (χ1n) is 6.28. The molecule has 0 saturated heterocycles. The molecule has 0 bridgehead atoms. The van der Waals surface area contributed by atoms with Gasteiger partial charge in [0.25, 0.3) is 5.69 Å². The molecule has 1 aromatic carbocycles. The number of halogens is 1. The van der Waals surface area contributed by atoms with E-state index < -0.39 is 10.7 Å². The first-order chi connectivity index (χ1) is 8.56. The Bertz CT molecular complexity index is 445. The van der Waals surface area contributed by atoms with Crippen molar-refractivity contribution < 1.29 is 9.31 Å². The van der Waals surface area contributed by atoms with E-state index in [0.29, 0.717) is 11.6 Å². The third kappa shape index (κ3) is 2.97. The highest BCUT2D eigenvalue weighted by Gasteiger charge is 2.22. The average molecular weight is 252 g/mol. The normalized spacial score (nSPS) is 17.7. The largest absolute Gasteiger partial charge is 0.382 e. The molecule has 0 radical (unpaired) electrons. The molecule has 1 aliphatic rings. The van der Waals surface area contributed by atoms with Gasteiger partial charge in [-0.05, 0) is 31.7 Å². The third-order valence-corrected chi connectivity index (χ3v) is 3.59. The number of benzene rings is 1. The zero-order chi connectivity index (χ0) is 13.1. The van der Waals surface area contributed by atoms with Gasteiger partial charge in [-0.15, -0.1) is 0 Å². The molecule has 1 saturated carbocycles. The number of anilines is 1. The number of hydrogen-bond donors (Lipinski definition) is 1. The van der Waals surface area contributed by atoms with Gasteiger partial charge in [0.1, 0.15) is 5.82 Å². The Balaban J connectivity index is 2.10. The summed E-state index contributed by atoms with van der Waals surface area (Å²) in [7, 11) is 0. The second kappa shape index (κ2) is 5.33. The number of non-ortho nitro benzene ring substituents is 1. The molecule has 1 unspecified atom stereocenters. The fourth-order valence-corrected chi connectivity index (χ4v) is 2.60. The summed E-state index contributed by atoms with van der Waals surface area (Å²) in [6.45, 7) is 2.05. The van der Waals surface area contributed by atoms with Crippen LogP contribution in [0.2, 0.25) is 0 Å². The maximum Gasteiger partial charge on any atom is 0.274 e. The van der Waals surface area contributed by atoms with Crippen molar-refractivity contribution in [3.63, 3.8) is 0 Å². The van der Waals surface area contributed by atoms with E-state index >= 15 is 0 Å². The summed E-state index contributed by atoms with van der Waals surface area (Å²) in [6, 6.07) is 3.84. The van der Waals surface area contributed by atoms with Crippen LogP contribution in [0.25, 0.3) is 0 Å². The monoisotopic (exact) mass is 252 g/mol. The van der Waals surface area contributed by atoms with Crippen LogP contribution < -0.4 is 5.32 Å². The van der Waals surface area contributed by atoms with Gasteiger partial charge in [-0.3, -0.25) is 10.1 Å². The Kier molecular flexibility index (Phi) is 3.79. The van der Waals surface area contributed by atoms with Gasteiger partial charge in [0.05, 0.1) is 11.0 Å². The van der Waals surface area contributed by atoms with Gasteiger partial charge in [-0.1, -0.05) is 12.8 Å². The molecule has 1 aromatic rings. The summed E-state index contributed by atoms with van der Waals surface area (Å²) in [6.07, 6.45) is 4.82. The maximum absolute atomic E-state index is 13.3. The lowest BCUT2D eigenvalue weighted by molar-refractivity contribution is -0.385. The van der Waals surface area contributed by atoms with E-state index in [-0.39, 0.29) is 11.7 Å². The predicted octanol–water partition coefficient (Wildman–Crippen LogP) is 3.72. The fourth-order valence-electron chi connectivity index (χ4n) is 2.60. The SMILES string of the molecule is CC(Nc1cc(F)cc([N+](=O)[O-])c1)C1CCCC1. The van der Waals surface area contributed by atoms with Crippen molar-refractivity contribution in [3.05, 3.63) is 34.1 Å². The number of hydrogen-bond acceptors (Lipinski definition) is 3. The smallest absolute Gasteiger partial charge is 0.274 e. The molecule has 5 heteroatoms. The van der Waals surface area contributed by atoms with Crippen LogP contribution >= 0.6 is 0 Å². The van der Waals surface area contributed by atoms with Crippen LogP contribution in [-0.4, -0.2) is 11.0 Å². The van der Waals surface area contributed by atoms with Gasteiger partial charge in [-0.2, -0.15) is 0 Å². The van der Waals surface area contributed by atoms with E-state index in [0.717, 1.165) is 6.07 Å². The standard InChI is InChI=1S/C13H17FN2O2/c1-9(10-4-2-3-5-10)15-12-6-11(14)7-13(8-12)16(17)18/h6-10,15H,2-5H2,1H3. The molecular weight excluding hydrogens is 235 g/mol. The molecule has 1 aliphatic carbocycles. The van der Waals surface area contributed by atoms with Crippen molar-refractivity contribution in [2.24, 2.45) is 5.92 Å². The minimum absolute atomic E-state index is 0.212. The second-order valence-corrected chi connectivity index (χ2v) is 4.93. The van der Waals surface area contributed by atoms with E-state index in [9.17, 15) is 14.5 Å². The lowest BCUT2D eigenvalue weighted by Gasteiger charge is -2.21. The summed E-state index contributed by atoms with van der Waals surface area (Å²) >= 11 is 0. The molecule has 0 heterocycles. The predicted molar refractivity (Wildman–Crippen MR) is 68.1 cm³/mol. The van der Waals surface area contributed by atoms with Gasteiger partial charge in [0, 0.05) is 17.8 Å². The summed E-state index contributed by atoms with van der Waals surface area (Å²) in [5, 5.41) is 13.8. The summed E-state index contributed by atoms with van der Waals surface area (Å²) in [5.74, 6) is -0.00218. The van der Waals surface area contributed by atoms with Gasteiger partial charge in [0.2, 0.25) is 0 Å². The van der Waals surface area contributed by atoms with Gasteiger partial charge >= 0.3 is 0 Å². The molecule has 0 spiro atoms. The number of nitro benzene ring substituents is 1. The van der Waals surface area contributed by atoms with E-state index in [1.807, 2.05) is 6.92 Å². The van der Waals surface area contributed by atoms with E-state index in [2.05, 4.69) is 5.32 Å². The first-order valence-corrected chi connectivity index (χ1v) is 6.28. The molecule has 18 heavy (non-hydrogen) atoms. The van der Waals surface area contributed by atoms with Crippen LogP contribution in [0.5, 0.6) is 0 Å². The zero-order valence-electron chi connectivity index (χ0n) is 10.4. The number of nitro groups is 1. The van der Waals surface area contributed by atoms with Gasteiger partial charge in [-0.25, -0.2) is 4.39 Å². The minimum Gasteiger partial charge on any atom is -0.382 e. The fraction of sp³-hybridized carbons (Fsp3) is 0.538. The molecular formula is C13H17FN2O2. The third-order valence-electron chi connectivity index (χ3n) is 3.59. The molecule has 4 nitrogen and oxygen atoms in total.